The lowest BCUT2D eigenvalue weighted by atomic mass is 10.7. The Kier molecular flexibility index (Phi) is 5.25. The Balaban J connectivity index is 3.68. The van der Waals surface area contributed by atoms with Crippen molar-refractivity contribution in [1.29, 1.82) is 0 Å². The zero-order valence-electron chi connectivity index (χ0n) is 7.76. The molecule has 0 radical (unpaired) electrons. The van der Waals surface area contributed by atoms with Crippen LogP contribution in [0, 0.1) is 0 Å². The number of esters is 1. The van der Waals surface area contributed by atoms with Gasteiger partial charge in [-0.1, -0.05) is 24.9 Å². The van der Waals surface area contributed by atoms with Crippen LogP contribution >= 0.6 is 11.6 Å². The second-order valence-electron chi connectivity index (χ2n) is 3.33. The Morgan fingerprint density at radius 3 is 2.58 bits per heavy atom. The molecule has 0 atom stereocenters. The van der Waals surface area contributed by atoms with E-state index in [4.69, 9.17) is 16.3 Å². The van der Waals surface area contributed by atoms with E-state index in [1.807, 2.05) is 6.08 Å². The van der Waals surface area contributed by atoms with E-state index in [0.717, 1.165) is 0 Å². The lowest BCUT2D eigenvalue weighted by Crippen LogP contribution is -2.25. The summed E-state index contributed by atoms with van der Waals surface area (Å²) in [5, 5.41) is 0. The van der Waals surface area contributed by atoms with Gasteiger partial charge in [-0.3, -0.25) is 4.79 Å². The molecule has 0 rings (SSSR count). The first kappa shape index (κ1) is 11.7. The van der Waals surface area contributed by atoms with Gasteiger partial charge in [0.1, 0.15) is 6.61 Å². The summed E-state index contributed by atoms with van der Waals surface area (Å²) in [6, 6.07) is 0. The number of rotatable bonds is 4. The topological polar surface area (TPSA) is 26.3 Å². The van der Waals surface area contributed by atoms with Gasteiger partial charge in [-0.05, 0) is 0 Å². The van der Waals surface area contributed by atoms with Gasteiger partial charge < -0.3 is 4.74 Å². The first-order valence-electron chi connectivity index (χ1n) is 3.85. The maximum atomic E-state index is 10.4. The molecular formula is C8H15ClO2Si. The highest BCUT2D eigenvalue weighted by molar-refractivity contribution is 6.87. The predicted molar refractivity (Wildman–Crippen MR) is 54.0 cm³/mol. The fourth-order valence-electron chi connectivity index (χ4n) is 0.577. The standard InChI is InChI=1S/C8H15ClO2Si/c1-8(10)11-5-4-6-12(2,3)7-9/h4,6H,5,7H2,1-3H3/b6-4+. The molecule has 0 amide bonds. The van der Waals surface area contributed by atoms with Gasteiger partial charge in [0, 0.05) is 12.4 Å². The molecule has 0 aliphatic heterocycles. The Labute approximate surface area is 79.6 Å². The molecule has 0 heterocycles. The van der Waals surface area contributed by atoms with Crippen molar-refractivity contribution in [2.45, 2.75) is 20.0 Å². The minimum atomic E-state index is -1.36. The van der Waals surface area contributed by atoms with Gasteiger partial charge in [-0.25, -0.2) is 0 Å². The fourth-order valence-corrected chi connectivity index (χ4v) is 1.67. The van der Waals surface area contributed by atoms with Crippen LogP contribution in [0.2, 0.25) is 13.1 Å². The quantitative estimate of drug-likeness (QED) is 0.400. The monoisotopic (exact) mass is 206 g/mol. The Hall–Kier alpha value is -0.283. The van der Waals surface area contributed by atoms with Crippen LogP contribution in [0.4, 0.5) is 0 Å². The third-order valence-corrected chi connectivity index (χ3v) is 5.19. The highest BCUT2D eigenvalue weighted by atomic mass is 35.5. The smallest absolute Gasteiger partial charge is 0.302 e. The first-order valence-corrected chi connectivity index (χ1v) is 7.67. The summed E-state index contributed by atoms with van der Waals surface area (Å²) in [6.45, 7) is 6.08. The largest absolute Gasteiger partial charge is 0.462 e. The van der Waals surface area contributed by atoms with Crippen LogP contribution in [0.1, 0.15) is 6.92 Å². The van der Waals surface area contributed by atoms with E-state index in [2.05, 4.69) is 18.8 Å². The summed E-state index contributed by atoms with van der Waals surface area (Å²) in [6.07, 6.45) is 1.87. The Morgan fingerprint density at radius 1 is 1.58 bits per heavy atom. The molecule has 12 heavy (non-hydrogen) atoms. The minimum Gasteiger partial charge on any atom is -0.462 e. The number of hydrogen-bond donors (Lipinski definition) is 0. The highest BCUT2D eigenvalue weighted by Gasteiger charge is 2.13. The summed E-state index contributed by atoms with van der Waals surface area (Å²) >= 11 is 5.74. The van der Waals surface area contributed by atoms with Crippen LogP contribution in [0.3, 0.4) is 0 Å². The molecule has 0 aromatic rings. The molecule has 0 aliphatic carbocycles. The molecule has 0 N–H and O–H groups in total. The van der Waals surface area contributed by atoms with Crippen molar-refractivity contribution in [2.24, 2.45) is 0 Å². The highest BCUT2D eigenvalue weighted by Crippen LogP contribution is 2.05. The maximum absolute atomic E-state index is 10.4. The van der Waals surface area contributed by atoms with Crippen molar-refractivity contribution in [3.05, 3.63) is 11.8 Å². The SMILES string of the molecule is CC(=O)OC/C=C/[Si](C)(C)CCl. The van der Waals surface area contributed by atoms with Crippen LogP contribution in [-0.4, -0.2) is 26.2 Å². The van der Waals surface area contributed by atoms with Gasteiger partial charge in [0.15, 0.2) is 0 Å². The van der Waals surface area contributed by atoms with Crippen LogP contribution in [0.15, 0.2) is 11.8 Å². The van der Waals surface area contributed by atoms with Crippen LogP contribution in [0.25, 0.3) is 0 Å². The summed E-state index contributed by atoms with van der Waals surface area (Å²) in [4.78, 5) is 10.4. The normalized spacial score (nSPS) is 12.0. The predicted octanol–water partition coefficient (Wildman–Crippen LogP) is 2.13. The van der Waals surface area contributed by atoms with E-state index in [-0.39, 0.29) is 5.97 Å². The molecule has 0 unspecified atom stereocenters. The lowest BCUT2D eigenvalue weighted by Gasteiger charge is -2.11. The number of ether oxygens (including phenoxy) is 1. The molecule has 0 aromatic carbocycles. The average molecular weight is 207 g/mol. The third-order valence-electron chi connectivity index (χ3n) is 1.30. The summed E-state index contributed by atoms with van der Waals surface area (Å²) < 4.78 is 4.74. The van der Waals surface area contributed by atoms with Gasteiger partial charge in [-0.15, -0.1) is 11.6 Å². The van der Waals surface area contributed by atoms with Crippen LogP contribution < -0.4 is 0 Å². The zero-order chi connectivity index (χ0) is 9.61. The van der Waals surface area contributed by atoms with E-state index in [1.165, 1.54) is 6.92 Å². The number of halogens is 1. The zero-order valence-corrected chi connectivity index (χ0v) is 9.52. The number of alkyl halides is 1. The molecule has 0 bridgehead atoms. The summed E-state index contributed by atoms with van der Waals surface area (Å²) in [5.74, 6) is -0.245. The van der Waals surface area contributed by atoms with Gasteiger partial charge in [0.05, 0.1) is 8.07 Å². The first-order chi connectivity index (χ1) is 5.48. The molecule has 0 aliphatic rings. The van der Waals surface area contributed by atoms with Gasteiger partial charge >= 0.3 is 5.97 Å². The van der Waals surface area contributed by atoms with Crippen molar-refractivity contribution >= 4 is 25.6 Å². The van der Waals surface area contributed by atoms with E-state index >= 15 is 0 Å². The molecule has 0 aromatic heterocycles. The van der Waals surface area contributed by atoms with Gasteiger partial charge in [0.2, 0.25) is 0 Å². The van der Waals surface area contributed by atoms with E-state index in [9.17, 15) is 4.79 Å². The van der Waals surface area contributed by atoms with E-state index < -0.39 is 8.07 Å². The summed E-state index contributed by atoms with van der Waals surface area (Å²) in [5.41, 5.74) is 2.78. The van der Waals surface area contributed by atoms with Gasteiger partial charge in [0.25, 0.3) is 0 Å². The third kappa shape index (κ3) is 6.43. The van der Waals surface area contributed by atoms with Crippen LogP contribution in [0.5, 0.6) is 0 Å². The molecule has 0 saturated heterocycles. The second-order valence-corrected chi connectivity index (χ2v) is 8.71. The summed E-state index contributed by atoms with van der Waals surface area (Å²) in [7, 11) is -1.36. The number of carbonyl (C=O) groups excluding carboxylic acids is 1. The molecule has 0 saturated carbocycles. The molecule has 2 nitrogen and oxygen atoms in total. The Morgan fingerprint density at radius 2 is 2.17 bits per heavy atom. The number of carbonyl (C=O) groups is 1. The molecule has 4 heteroatoms. The van der Waals surface area contributed by atoms with E-state index in [0.29, 0.717) is 12.1 Å². The van der Waals surface area contributed by atoms with Crippen molar-refractivity contribution in [1.82, 2.24) is 0 Å². The fraction of sp³-hybridized carbons (Fsp3) is 0.625. The van der Waals surface area contributed by atoms with Crippen LogP contribution in [-0.2, 0) is 9.53 Å². The van der Waals surface area contributed by atoms with Crippen molar-refractivity contribution in [3.8, 4) is 0 Å². The molecular weight excluding hydrogens is 192 g/mol. The molecule has 70 valence electrons. The number of hydrogen-bond acceptors (Lipinski definition) is 2. The lowest BCUT2D eigenvalue weighted by molar-refractivity contribution is -0.139. The second kappa shape index (κ2) is 5.38. The minimum absolute atomic E-state index is 0.245. The Bertz CT molecular complexity index is 178. The van der Waals surface area contributed by atoms with Crippen molar-refractivity contribution < 1.29 is 9.53 Å². The molecule has 0 fully saturated rings. The maximum Gasteiger partial charge on any atom is 0.302 e. The van der Waals surface area contributed by atoms with E-state index in [1.54, 1.807) is 0 Å². The average Bonchev–Trinajstić information content (AvgIpc) is 1.98. The molecule has 0 spiro atoms. The van der Waals surface area contributed by atoms with Crippen molar-refractivity contribution in [3.63, 3.8) is 0 Å². The van der Waals surface area contributed by atoms with Crippen molar-refractivity contribution in [2.75, 3.05) is 12.1 Å². The van der Waals surface area contributed by atoms with Gasteiger partial charge in [-0.2, -0.15) is 0 Å².